The van der Waals surface area contributed by atoms with Crippen LogP contribution in [-0.2, 0) is 9.53 Å². The van der Waals surface area contributed by atoms with Crippen LogP contribution in [0.15, 0.2) is 0 Å². The summed E-state index contributed by atoms with van der Waals surface area (Å²) in [6.45, 7) is 16.1. The molecule has 0 aliphatic heterocycles. The van der Waals surface area contributed by atoms with Crippen LogP contribution >= 0.6 is 0 Å². The quantitative estimate of drug-likeness (QED) is 0.846. The van der Waals surface area contributed by atoms with Crippen molar-refractivity contribution in [2.24, 2.45) is 11.3 Å². The molecule has 1 atom stereocenters. The molecule has 5 nitrogen and oxygen atoms in total. The summed E-state index contributed by atoms with van der Waals surface area (Å²) < 4.78 is 5.24. The van der Waals surface area contributed by atoms with Gasteiger partial charge >= 0.3 is 6.09 Å². The highest BCUT2D eigenvalue weighted by molar-refractivity contribution is 5.82. The first-order chi connectivity index (χ1) is 9.71. The summed E-state index contributed by atoms with van der Waals surface area (Å²) in [5.41, 5.74) is -0.423. The largest absolute Gasteiger partial charge is 0.444 e. The SMILES string of the molecule is CC(C)C(CC(C)(C)C)NC(=O)CN(C)C(=O)OC(C)(C)C. The second-order valence-electron chi connectivity index (χ2n) is 8.52. The summed E-state index contributed by atoms with van der Waals surface area (Å²) in [6.07, 6.45) is 0.409. The maximum Gasteiger partial charge on any atom is 0.410 e. The average molecular weight is 314 g/mol. The smallest absolute Gasteiger partial charge is 0.410 e. The van der Waals surface area contributed by atoms with Gasteiger partial charge in [-0.2, -0.15) is 0 Å². The minimum Gasteiger partial charge on any atom is -0.444 e. The van der Waals surface area contributed by atoms with Crippen molar-refractivity contribution < 1.29 is 14.3 Å². The summed E-state index contributed by atoms with van der Waals surface area (Å²) in [5, 5.41) is 3.03. The molecule has 5 heteroatoms. The lowest BCUT2D eigenvalue weighted by atomic mass is 9.84. The molecule has 2 amide bonds. The van der Waals surface area contributed by atoms with Crippen LogP contribution in [-0.4, -0.2) is 42.1 Å². The molecule has 130 valence electrons. The highest BCUT2D eigenvalue weighted by Crippen LogP contribution is 2.24. The van der Waals surface area contributed by atoms with E-state index in [1.54, 1.807) is 27.8 Å². The molecule has 0 bridgehead atoms. The van der Waals surface area contributed by atoms with Crippen molar-refractivity contribution in [1.82, 2.24) is 10.2 Å². The van der Waals surface area contributed by atoms with Crippen LogP contribution in [0, 0.1) is 11.3 Å². The number of carbonyl (C=O) groups excluding carboxylic acids is 2. The first kappa shape index (κ1) is 20.7. The molecular weight excluding hydrogens is 280 g/mol. The van der Waals surface area contributed by atoms with Crippen LogP contribution in [0.5, 0.6) is 0 Å². The Morgan fingerprint density at radius 3 is 1.95 bits per heavy atom. The summed E-state index contributed by atoms with van der Waals surface area (Å²) in [7, 11) is 1.57. The number of nitrogens with zero attached hydrogens (tertiary/aromatic N) is 1. The number of amides is 2. The molecular formula is C17H34N2O3. The third-order valence-electron chi connectivity index (χ3n) is 3.07. The second-order valence-corrected chi connectivity index (χ2v) is 8.52. The van der Waals surface area contributed by atoms with Gasteiger partial charge in [-0.05, 0) is 38.5 Å². The summed E-state index contributed by atoms with van der Waals surface area (Å²) in [5.74, 6) is 0.186. The summed E-state index contributed by atoms with van der Waals surface area (Å²) >= 11 is 0. The third kappa shape index (κ3) is 9.64. The molecule has 0 aromatic carbocycles. The molecule has 0 spiro atoms. The monoisotopic (exact) mass is 314 g/mol. The van der Waals surface area contributed by atoms with Gasteiger partial charge in [0.2, 0.25) is 5.91 Å². The lowest BCUT2D eigenvalue weighted by Crippen LogP contribution is -2.46. The highest BCUT2D eigenvalue weighted by Gasteiger charge is 2.25. The van der Waals surface area contributed by atoms with E-state index in [4.69, 9.17) is 4.74 Å². The van der Waals surface area contributed by atoms with Crippen molar-refractivity contribution in [2.75, 3.05) is 13.6 Å². The van der Waals surface area contributed by atoms with Gasteiger partial charge in [-0.25, -0.2) is 4.79 Å². The zero-order valence-corrected chi connectivity index (χ0v) is 15.7. The number of carbonyl (C=O) groups is 2. The standard InChI is InChI=1S/C17H34N2O3/c1-12(2)13(10-16(3,4)5)18-14(20)11-19(9)15(21)22-17(6,7)8/h12-13H,10-11H2,1-9H3,(H,18,20). The van der Waals surface area contributed by atoms with Gasteiger partial charge in [0.15, 0.2) is 0 Å². The molecule has 1 unspecified atom stereocenters. The highest BCUT2D eigenvalue weighted by atomic mass is 16.6. The minimum absolute atomic E-state index is 0.00226. The van der Waals surface area contributed by atoms with Gasteiger partial charge in [0.05, 0.1) is 0 Å². The van der Waals surface area contributed by atoms with Gasteiger partial charge in [-0.3, -0.25) is 4.79 Å². The van der Waals surface area contributed by atoms with Crippen LogP contribution in [0.25, 0.3) is 0 Å². The molecule has 0 aliphatic rings. The van der Waals surface area contributed by atoms with E-state index in [0.717, 1.165) is 6.42 Å². The Balaban J connectivity index is 4.55. The van der Waals surface area contributed by atoms with Crippen LogP contribution < -0.4 is 5.32 Å². The van der Waals surface area contributed by atoms with Gasteiger partial charge in [0.25, 0.3) is 0 Å². The number of rotatable bonds is 5. The van der Waals surface area contributed by atoms with Crippen molar-refractivity contribution in [1.29, 1.82) is 0 Å². The molecule has 0 saturated heterocycles. The number of likely N-dealkylation sites (N-methyl/N-ethyl adjacent to an activating group) is 1. The van der Waals surface area contributed by atoms with E-state index in [2.05, 4.69) is 39.9 Å². The first-order valence-corrected chi connectivity index (χ1v) is 7.95. The Labute approximate surface area is 135 Å². The van der Waals surface area contributed by atoms with Crippen LogP contribution in [0.3, 0.4) is 0 Å². The van der Waals surface area contributed by atoms with E-state index in [1.807, 2.05) is 0 Å². The van der Waals surface area contributed by atoms with Gasteiger partial charge in [0, 0.05) is 13.1 Å². The maximum atomic E-state index is 12.2. The number of nitrogens with one attached hydrogen (secondary N) is 1. The average Bonchev–Trinajstić information content (AvgIpc) is 2.23. The van der Waals surface area contributed by atoms with Crippen molar-refractivity contribution in [2.45, 2.75) is 73.5 Å². The molecule has 0 radical (unpaired) electrons. The van der Waals surface area contributed by atoms with Gasteiger partial charge in [-0.15, -0.1) is 0 Å². The van der Waals surface area contributed by atoms with Crippen LogP contribution in [0.4, 0.5) is 4.79 Å². The van der Waals surface area contributed by atoms with E-state index in [1.165, 1.54) is 4.90 Å². The van der Waals surface area contributed by atoms with Gasteiger partial charge in [0.1, 0.15) is 12.1 Å². The van der Waals surface area contributed by atoms with E-state index in [9.17, 15) is 9.59 Å². The Morgan fingerprint density at radius 2 is 1.59 bits per heavy atom. The Morgan fingerprint density at radius 1 is 1.09 bits per heavy atom. The summed E-state index contributed by atoms with van der Waals surface area (Å²) in [6, 6.07) is 0.0968. The van der Waals surface area contributed by atoms with Gasteiger partial charge in [-0.1, -0.05) is 34.6 Å². The fourth-order valence-electron chi connectivity index (χ4n) is 1.99. The number of hydrogen-bond acceptors (Lipinski definition) is 3. The maximum absolute atomic E-state index is 12.2. The lowest BCUT2D eigenvalue weighted by Gasteiger charge is -2.30. The predicted molar refractivity (Wildman–Crippen MR) is 89.7 cm³/mol. The molecule has 0 heterocycles. The fourth-order valence-corrected chi connectivity index (χ4v) is 1.99. The molecule has 0 saturated carbocycles. The lowest BCUT2D eigenvalue weighted by molar-refractivity contribution is -0.123. The van der Waals surface area contributed by atoms with Crippen molar-refractivity contribution >= 4 is 12.0 Å². The fraction of sp³-hybridized carbons (Fsp3) is 0.882. The van der Waals surface area contributed by atoms with E-state index >= 15 is 0 Å². The summed E-state index contributed by atoms with van der Waals surface area (Å²) in [4.78, 5) is 25.3. The predicted octanol–water partition coefficient (Wildman–Crippen LogP) is 3.43. The number of ether oxygens (including phenoxy) is 1. The van der Waals surface area contributed by atoms with E-state index in [0.29, 0.717) is 5.92 Å². The molecule has 0 aromatic rings. The molecule has 0 fully saturated rings. The minimum atomic E-state index is -0.561. The molecule has 0 aliphatic carbocycles. The van der Waals surface area contributed by atoms with Crippen LogP contribution in [0.1, 0.15) is 61.8 Å². The number of hydrogen-bond donors (Lipinski definition) is 1. The Bertz CT molecular complexity index is 378. The van der Waals surface area contributed by atoms with Gasteiger partial charge < -0.3 is 15.0 Å². The van der Waals surface area contributed by atoms with Crippen molar-refractivity contribution in [3.8, 4) is 0 Å². The van der Waals surface area contributed by atoms with E-state index < -0.39 is 11.7 Å². The Kier molecular flexibility index (Phi) is 7.39. The molecule has 22 heavy (non-hydrogen) atoms. The zero-order chi connectivity index (χ0) is 17.7. The second kappa shape index (κ2) is 7.84. The van der Waals surface area contributed by atoms with Crippen LogP contribution in [0.2, 0.25) is 0 Å². The normalized spacial score (nSPS) is 13.7. The van der Waals surface area contributed by atoms with E-state index in [-0.39, 0.29) is 23.9 Å². The third-order valence-corrected chi connectivity index (χ3v) is 3.07. The first-order valence-electron chi connectivity index (χ1n) is 7.95. The zero-order valence-electron chi connectivity index (χ0n) is 15.7. The molecule has 0 aromatic heterocycles. The Hall–Kier alpha value is -1.26. The topological polar surface area (TPSA) is 58.6 Å². The van der Waals surface area contributed by atoms with Crippen molar-refractivity contribution in [3.63, 3.8) is 0 Å². The molecule has 0 rings (SSSR count). The molecule has 1 N–H and O–H groups in total. The van der Waals surface area contributed by atoms with Crippen molar-refractivity contribution in [3.05, 3.63) is 0 Å².